The summed E-state index contributed by atoms with van der Waals surface area (Å²) < 4.78 is 6.79. The molecule has 5 heteroatoms. The van der Waals surface area contributed by atoms with Crippen LogP contribution in [-0.4, -0.2) is 16.9 Å². The molecule has 0 saturated carbocycles. The van der Waals surface area contributed by atoms with Crippen LogP contribution in [-0.2, 0) is 0 Å². The summed E-state index contributed by atoms with van der Waals surface area (Å²) in [7, 11) is 0. The second kappa shape index (κ2) is 10.9. The summed E-state index contributed by atoms with van der Waals surface area (Å²) in [6.45, 7) is 7.92. The summed E-state index contributed by atoms with van der Waals surface area (Å²) in [5.41, 5.74) is 14.3. The first-order chi connectivity index (χ1) is 20.9. The summed E-state index contributed by atoms with van der Waals surface area (Å²) in [6, 6.07) is 42.8. The number of rotatable bonds is 5. The Kier molecular flexibility index (Phi) is 6.79. The fraction of sp³-hybridized carbons (Fsp3) is 0.105. The summed E-state index contributed by atoms with van der Waals surface area (Å²) >= 11 is 0. The van der Waals surface area contributed by atoms with E-state index in [4.69, 9.17) is 4.65 Å². The van der Waals surface area contributed by atoms with Crippen LogP contribution in [0.3, 0.4) is 0 Å². The molecule has 0 bridgehead atoms. The molecule has 0 unspecified atom stereocenters. The smallest absolute Gasteiger partial charge is 0.430 e. The first-order valence-electron chi connectivity index (χ1n) is 14.7. The second-order valence-electron chi connectivity index (χ2n) is 11.3. The molecule has 0 fully saturated rings. The quantitative estimate of drug-likeness (QED) is 0.201. The van der Waals surface area contributed by atoms with Gasteiger partial charge in [0, 0.05) is 39.8 Å². The lowest BCUT2D eigenvalue weighted by molar-refractivity contribution is 0.591. The summed E-state index contributed by atoms with van der Waals surface area (Å²) in [6.07, 6.45) is 0. The van der Waals surface area contributed by atoms with Gasteiger partial charge < -0.3 is 9.55 Å². The van der Waals surface area contributed by atoms with Gasteiger partial charge in [0.2, 0.25) is 0 Å². The van der Waals surface area contributed by atoms with Crippen molar-refractivity contribution in [2.45, 2.75) is 27.7 Å². The third kappa shape index (κ3) is 5.19. The van der Waals surface area contributed by atoms with Crippen molar-refractivity contribution < 1.29 is 4.65 Å². The number of hydrogen-bond acceptors (Lipinski definition) is 4. The van der Waals surface area contributed by atoms with Crippen LogP contribution in [0.15, 0.2) is 121 Å². The minimum Gasteiger partial charge on any atom is -0.551 e. The van der Waals surface area contributed by atoms with Gasteiger partial charge in [-0.3, -0.25) is 9.97 Å². The van der Waals surface area contributed by atoms with E-state index in [0.717, 1.165) is 67.6 Å². The third-order valence-electron chi connectivity index (χ3n) is 7.96. The molecule has 0 saturated heterocycles. The van der Waals surface area contributed by atoms with Crippen LogP contribution in [0.2, 0.25) is 0 Å². The molecule has 2 aromatic heterocycles. The zero-order valence-electron chi connectivity index (χ0n) is 24.9. The van der Waals surface area contributed by atoms with Crippen LogP contribution in [0.5, 0.6) is 5.75 Å². The van der Waals surface area contributed by atoms with Gasteiger partial charge in [-0.15, -0.1) is 0 Å². The van der Waals surface area contributed by atoms with Crippen LogP contribution < -0.4 is 20.5 Å². The van der Waals surface area contributed by atoms with Crippen LogP contribution in [0.25, 0.3) is 22.3 Å². The Hall–Kier alpha value is -5.16. The molecule has 208 valence electrons. The van der Waals surface area contributed by atoms with Crippen molar-refractivity contribution in [2.24, 2.45) is 0 Å². The van der Waals surface area contributed by atoms with E-state index in [1.807, 2.05) is 58.0 Å². The predicted octanol–water partition coefficient (Wildman–Crippen LogP) is 8.01. The van der Waals surface area contributed by atoms with Crippen molar-refractivity contribution in [3.8, 4) is 28.0 Å². The minimum atomic E-state index is -0.268. The van der Waals surface area contributed by atoms with Crippen LogP contribution in [0.4, 0.5) is 17.1 Å². The summed E-state index contributed by atoms with van der Waals surface area (Å²) in [5.74, 6) is 0.843. The molecule has 0 amide bonds. The maximum absolute atomic E-state index is 6.79. The van der Waals surface area contributed by atoms with Crippen LogP contribution in [0.1, 0.15) is 22.8 Å². The van der Waals surface area contributed by atoms with Crippen LogP contribution in [0, 0.1) is 27.7 Å². The van der Waals surface area contributed by atoms with Gasteiger partial charge in [-0.05, 0) is 122 Å². The van der Waals surface area contributed by atoms with Crippen molar-refractivity contribution in [2.75, 3.05) is 4.90 Å². The van der Waals surface area contributed by atoms with Gasteiger partial charge in [0.15, 0.2) is 0 Å². The maximum atomic E-state index is 6.79. The molecule has 4 nitrogen and oxygen atoms in total. The molecule has 0 N–H and O–H groups in total. The van der Waals surface area contributed by atoms with Gasteiger partial charge in [0.1, 0.15) is 0 Å². The van der Waals surface area contributed by atoms with Crippen molar-refractivity contribution in [3.05, 3.63) is 144 Å². The minimum absolute atomic E-state index is 0.268. The number of aryl methyl sites for hydroxylation is 4. The largest absolute Gasteiger partial charge is 0.551 e. The molecule has 6 aromatic rings. The number of nitrogens with zero attached hydrogens (tertiary/aromatic N) is 3. The average molecular weight is 558 g/mol. The second-order valence-corrected chi connectivity index (χ2v) is 11.3. The zero-order chi connectivity index (χ0) is 29.5. The van der Waals surface area contributed by atoms with E-state index in [2.05, 4.69) is 106 Å². The molecule has 0 aliphatic carbocycles. The lowest BCUT2D eigenvalue weighted by Gasteiger charge is -2.36. The number of fused-ring (bicyclic) bond motifs is 2. The Morgan fingerprint density at radius 1 is 0.488 bits per heavy atom. The predicted molar refractivity (Wildman–Crippen MR) is 179 cm³/mol. The van der Waals surface area contributed by atoms with Gasteiger partial charge in [-0.2, -0.15) is 0 Å². The van der Waals surface area contributed by atoms with E-state index in [9.17, 15) is 0 Å². The number of para-hydroxylation sites is 2. The summed E-state index contributed by atoms with van der Waals surface area (Å²) in [5, 5.41) is 0. The fourth-order valence-corrected chi connectivity index (χ4v) is 6.20. The van der Waals surface area contributed by atoms with Gasteiger partial charge in [0.25, 0.3) is 0 Å². The monoisotopic (exact) mass is 557 g/mol. The molecule has 4 aromatic carbocycles. The highest BCUT2D eigenvalue weighted by Gasteiger charge is 2.37. The molecule has 1 aliphatic rings. The number of aromatic nitrogens is 2. The van der Waals surface area contributed by atoms with Gasteiger partial charge in [0.05, 0.1) is 5.75 Å². The lowest BCUT2D eigenvalue weighted by Crippen LogP contribution is -2.54. The zero-order valence-corrected chi connectivity index (χ0v) is 24.9. The molecule has 43 heavy (non-hydrogen) atoms. The van der Waals surface area contributed by atoms with E-state index in [1.54, 1.807) is 0 Å². The Labute approximate surface area is 253 Å². The highest BCUT2D eigenvalue weighted by atomic mass is 16.4. The van der Waals surface area contributed by atoms with Crippen LogP contribution >= 0.6 is 0 Å². The Morgan fingerprint density at radius 3 is 1.67 bits per heavy atom. The van der Waals surface area contributed by atoms with E-state index in [-0.39, 0.29) is 6.92 Å². The normalized spacial score (nSPS) is 12.1. The van der Waals surface area contributed by atoms with Gasteiger partial charge in [-0.25, -0.2) is 0 Å². The first-order valence-corrected chi connectivity index (χ1v) is 14.7. The third-order valence-corrected chi connectivity index (χ3v) is 7.96. The van der Waals surface area contributed by atoms with Crippen molar-refractivity contribution in [1.82, 2.24) is 9.97 Å². The number of pyridine rings is 2. The maximum Gasteiger partial charge on any atom is 0.430 e. The lowest BCUT2D eigenvalue weighted by atomic mass is 9.52. The topological polar surface area (TPSA) is 38.2 Å². The van der Waals surface area contributed by atoms with Gasteiger partial charge in [-0.1, -0.05) is 60.7 Å². The number of hydrogen-bond donors (Lipinski definition) is 0. The molecule has 1 aliphatic heterocycles. The Morgan fingerprint density at radius 2 is 1.02 bits per heavy atom. The Bertz CT molecular complexity index is 1910. The van der Waals surface area contributed by atoms with Crippen molar-refractivity contribution in [1.29, 1.82) is 0 Å². The van der Waals surface area contributed by atoms with E-state index in [0.29, 0.717) is 0 Å². The van der Waals surface area contributed by atoms with Crippen molar-refractivity contribution in [3.63, 3.8) is 0 Å². The Balaban J connectivity index is 1.38. The van der Waals surface area contributed by atoms with E-state index in [1.165, 1.54) is 11.1 Å². The van der Waals surface area contributed by atoms with Crippen molar-refractivity contribution >= 4 is 34.9 Å². The molecule has 0 spiro atoms. The molecule has 0 atom stereocenters. The summed E-state index contributed by atoms with van der Waals surface area (Å²) in [4.78, 5) is 11.5. The number of benzene rings is 4. The van der Waals surface area contributed by atoms with Gasteiger partial charge >= 0.3 is 6.92 Å². The average Bonchev–Trinajstić information content (AvgIpc) is 3.00. The van der Waals surface area contributed by atoms with E-state index < -0.39 is 0 Å². The molecule has 0 radical (unpaired) electrons. The molecule has 3 heterocycles. The molecular weight excluding hydrogens is 525 g/mol. The number of anilines is 3. The highest BCUT2D eigenvalue weighted by molar-refractivity contribution is 6.84. The SMILES string of the molecule is Cc1cc(-c2ccc(N3c4ccccc4B(Oc4ccccc4)c4cc(-c5cc(C)nc(C)c5)ccc43)cc2)cc(C)n1. The standard InChI is InChI=1S/C38H32BN3O/c1-25-20-31(21-26(2)40-25)29-14-17-33(18-15-29)42-37-13-9-8-12-35(37)39(43-34-10-6-5-7-11-34)36-24-30(16-19-38(36)42)32-22-27(3)41-28(4)23-32/h5-24H,1-4H3. The highest BCUT2D eigenvalue weighted by Crippen LogP contribution is 2.38. The van der Waals surface area contributed by atoms with E-state index >= 15 is 0 Å². The molecule has 7 rings (SSSR count). The molecular formula is C38H32BN3O. The fourth-order valence-electron chi connectivity index (χ4n) is 6.20. The first kappa shape index (κ1) is 26.7.